The van der Waals surface area contributed by atoms with Gasteiger partial charge in [0.25, 0.3) is 0 Å². The van der Waals surface area contributed by atoms with E-state index in [9.17, 15) is 0 Å². The summed E-state index contributed by atoms with van der Waals surface area (Å²) in [5.74, 6) is 0. The van der Waals surface area contributed by atoms with E-state index in [0.29, 0.717) is 78.7 Å². The monoisotopic (exact) mass is 1160 g/mol. The molecular formula is C40H92Ge8. The van der Waals surface area contributed by atoms with Crippen LogP contribution in [0.25, 0.3) is 0 Å². The molecule has 0 amide bonds. The van der Waals surface area contributed by atoms with Crippen LogP contribution in [0.2, 0.25) is 55.0 Å². The third kappa shape index (κ3) is 296. The molecule has 0 aromatic rings. The van der Waals surface area contributed by atoms with Gasteiger partial charge in [0.05, 0.1) is 0 Å². The molecule has 0 rings (SSSR count). The Balaban J connectivity index is -0.0000000638. The van der Waals surface area contributed by atoms with E-state index in [-0.39, 0.29) is 0 Å². The first kappa shape index (κ1) is 70.2. The molecule has 0 saturated carbocycles. The van der Waals surface area contributed by atoms with Crippen LogP contribution in [0.1, 0.15) is 194 Å². The molecule has 0 aliphatic carbocycles. The third-order valence-corrected chi connectivity index (χ3v) is 13.9. The molecule has 0 saturated heterocycles. The quantitative estimate of drug-likeness (QED) is 0.213. The van der Waals surface area contributed by atoms with Crippen molar-refractivity contribution in [3.8, 4) is 0 Å². The Kier molecular flexibility index (Phi) is 59.9. The Morgan fingerprint density at radius 2 is 0.271 bits per heavy atom. The second-order valence-electron chi connectivity index (χ2n) is 18.9. The summed E-state index contributed by atoms with van der Waals surface area (Å²) in [5.41, 5.74) is 0. The van der Waals surface area contributed by atoms with Gasteiger partial charge in [-0.15, -0.1) is 0 Å². The SMILES string of the molecule is C[CH](C)[Ge][CH](C)C.C[CH](C)[Ge][CH](C)C.C[CH](C)[Ge][CH](C)C.C[CH](C)[Ge][CH](C)C.C[C](C)(C)[Ge].C[C](C)(C)[Ge].C[C](C)(C)[Ge].C[C](C)(C)[Ge]. The van der Waals surface area contributed by atoms with Crippen LogP contribution in [0.15, 0.2) is 0 Å². The van der Waals surface area contributed by atoms with Crippen molar-refractivity contribution in [1.82, 2.24) is 0 Å². The molecule has 0 N–H and O–H groups in total. The molecule has 284 valence electrons. The first-order valence-corrected chi connectivity index (χ1v) is 32.4. The van der Waals surface area contributed by atoms with E-state index >= 15 is 0 Å². The molecule has 48 heavy (non-hydrogen) atoms. The Morgan fingerprint density at radius 1 is 0.229 bits per heavy atom. The van der Waals surface area contributed by atoms with Crippen molar-refractivity contribution in [2.75, 3.05) is 0 Å². The second-order valence-corrected chi connectivity index (χ2v) is 53.7. The van der Waals surface area contributed by atoms with Gasteiger partial charge in [0.2, 0.25) is 0 Å². The molecule has 0 nitrogen and oxygen atoms in total. The van der Waals surface area contributed by atoms with Crippen molar-refractivity contribution >= 4 is 128 Å². The molecule has 20 radical (unpaired) electrons. The molecule has 8 heteroatoms. The molecular weight excluding hydrogens is 1060 g/mol. The van der Waals surface area contributed by atoms with E-state index in [2.05, 4.69) is 260 Å². The topological polar surface area (TPSA) is 0 Å². The number of hydrogen-bond acceptors (Lipinski definition) is 0. The van der Waals surface area contributed by atoms with Crippen molar-refractivity contribution in [2.45, 2.75) is 249 Å². The average molecular weight is 1150 g/mol. The summed E-state index contributed by atoms with van der Waals surface area (Å²) < 4.78 is 10.0. The molecule has 0 atom stereocenters. The third-order valence-electron chi connectivity index (χ3n) is 2.67. The summed E-state index contributed by atoms with van der Waals surface area (Å²) in [6.45, 7) is 63.4. The maximum absolute atomic E-state index is 2.32. The fourth-order valence-corrected chi connectivity index (χ4v) is 13.9. The summed E-state index contributed by atoms with van der Waals surface area (Å²) in [6.07, 6.45) is 0. The van der Waals surface area contributed by atoms with Crippen LogP contribution in [-0.2, 0) is 0 Å². The average Bonchev–Trinajstić information content (AvgIpc) is 2.58. The first-order chi connectivity index (χ1) is 20.5. The zero-order chi connectivity index (χ0) is 41.4. The van der Waals surface area contributed by atoms with E-state index in [1.54, 1.807) is 0 Å². The number of hydrogen-bond donors (Lipinski definition) is 0. The van der Waals surface area contributed by atoms with Crippen molar-refractivity contribution in [1.29, 1.82) is 0 Å². The zero-order valence-electron chi connectivity index (χ0n) is 38.6. The van der Waals surface area contributed by atoms with E-state index in [0.717, 1.165) is 38.0 Å². The van der Waals surface area contributed by atoms with Gasteiger partial charge in [-0.05, 0) is 0 Å². The van der Waals surface area contributed by atoms with Gasteiger partial charge in [0.15, 0.2) is 0 Å². The second kappa shape index (κ2) is 41.0. The summed E-state index contributed by atoms with van der Waals surface area (Å²) in [7, 11) is 0. The molecule has 0 aliphatic heterocycles. The van der Waals surface area contributed by atoms with Gasteiger partial charge in [0.1, 0.15) is 0 Å². The molecule has 0 aromatic carbocycles. The van der Waals surface area contributed by atoms with Gasteiger partial charge < -0.3 is 0 Å². The van der Waals surface area contributed by atoms with Gasteiger partial charge in [-0.25, -0.2) is 0 Å². The van der Waals surface area contributed by atoms with Gasteiger partial charge >= 0.3 is 377 Å². The summed E-state index contributed by atoms with van der Waals surface area (Å²) >= 11 is 10.3. The van der Waals surface area contributed by atoms with Crippen molar-refractivity contribution in [2.24, 2.45) is 0 Å². The summed E-state index contributed by atoms with van der Waals surface area (Å²) in [5, 5.41) is 0. The minimum atomic E-state index is 0.389. The maximum atomic E-state index is 2.32. The van der Waals surface area contributed by atoms with Crippen LogP contribution in [0.3, 0.4) is 0 Å². The van der Waals surface area contributed by atoms with Gasteiger partial charge in [-0.2, -0.15) is 0 Å². The molecule has 0 heterocycles. The fraction of sp³-hybridized carbons (Fsp3) is 1.00. The Morgan fingerprint density at radius 3 is 0.271 bits per heavy atom. The Hall–Kier alpha value is 4.34. The standard InChI is InChI=1S/4C6H14Ge.4C4H9Ge/c4*1-5(2)7-6(3)4;4*1-4(2,3)5/h4*5-6H,1-4H3;4*1-3H3. The predicted octanol–water partition coefficient (Wildman–Crippen LogP) is 14.9. The first-order valence-electron chi connectivity index (χ1n) is 18.5. The van der Waals surface area contributed by atoms with Crippen molar-refractivity contribution in [3.05, 3.63) is 0 Å². The van der Waals surface area contributed by atoms with Crippen LogP contribution in [0, 0.1) is 0 Å². The summed E-state index contributed by atoms with van der Waals surface area (Å²) in [4.78, 5) is 0. The Bertz CT molecular complexity index is 418. The molecule has 0 fully saturated rings. The fourth-order valence-electron chi connectivity index (χ4n) is 2.67. The van der Waals surface area contributed by atoms with Crippen LogP contribution in [0.5, 0.6) is 0 Å². The normalized spacial score (nSPS) is 11.5. The predicted molar refractivity (Wildman–Crippen MR) is 246 cm³/mol. The Labute approximate surface area is 372 Å². The van der Waals surface area contributed by atoms with Crippen molar-refractivity contribution < 1.29 is 0 Å². The van der Waals surface area contributed by atoms with Crippen LogP contribution >= 0.6 is 0 Å². The van der Waals surface area contributed by atoms with E-state index in [1.165, 1.54) is 0 Å². The molecule has 0 aromatic heterocycles. The van der Waals surface area contributed by atoms with Gasteiger partial charge in [-0.1, -0.05) is 0 Å². The van der Waals surface area contributed by atoms with E-state index < -0.39 is 0 Å². The van der Waals surface area contributed by atoms with Gasteiger partial charge in [0, 0.05) is 0 Å². The summed E-state index contributed by atoms with van der Waals surface area (Å²) in [6, 6.07) is 0. The zero-order valence-corrected chi connectivity index (χ0v) is 55.4. The van der Waals surface area contributed by atoms with E-state index in [1.807, 2.05) is 0 Å². The molecule has 0 unspecified atom stereocenters. The van der Waals surface area contributed by atoms with Crippen LogP contribution in [-0.4, -0.2) is 128 Å². The van der Waals surface area contributed by atoms with Crippen molar-refractivity contribution in [3.63, 3.8) is 0 Å². The number of rotatable bonds is 8. The van der Waals surface area contributed by atoms with E-state index in [4.69, 9.17) is 0 Å². The van der Waals surface area contributed by atoms with Crippen LogP contribution < -0.4 is 0 Å². The minimum absolute atomic E-state index is 0.389. The molecule has 0 aliphatic rings. The van der Waals surface area contributed by atoms with Crippen LogP contribution in [0.4, 0.5) is 0 Å². The molecule has 0 bridgehead atoms. The molecule has 0 spiro atoms. The van der Waals surface area contributed by atoms with Gasteiger partial charge in [-0.3, -0.25) is 0 Å².